The van der Waals surface area contributed by atoms with Crippen molar-refractivity contribution in [3.8, 4) is 0 Å². The number of nitrogens with two attached hydrogens (primary N) is 1. The van der Waals surface area contributed by atoms with Crippen molar-refractivity contribution >= 4 is 29.9 Å². The van der Waals surface area contributed by atoms with Crippen molar-refractivity contribution < 1.29 is 4.74 Å². The quantitative estimate of drug-likeness (QED) is 0.324. The van der Waals surface area contributed by atoms with Gasteiger partial charge in [-0.3, -0.25) is 4.99 Å². The van der Waals surface area contributed by atoms with Gasteiger partial charge >= 0.3 is 0 Å². The van der Waals surface area contributed by atoms with E-state index in [0.717, 1.165) is 52.0 Å². The lowest BCUT2D eigenvalue weighted by Gasteiger charge is -2.36. The molecule has 2 rings (SSSR count). The Labute approximate surface area is 150 Å². The fourth-order valence-electron chi connectivity index (χ4n) is 2.78. The van der Waals surface area contributed by atoms with Crippen LogP contribution in [0.25, 0.3) is 0 Å². The summed E-state index contributed by atoms with van der Waals surface area (Å²) in [5.41, 5.74) is 7.39. The van der Waals surface area contributed by atoms with Gasteiger partial charge in [0.2, 0.25) is 0 Å². The fourth-order valence-corrected chi connectivity index (χ4v) is 2.78. The van der Waals surface area contributed by atoms with Crippen LogP contribution in [0.15, 0.2) is 35.3 Å². The molecule has 22 heavy (non-hydrogen) atoms. The van der Waals surface area contributed by atoms with Crippen LogP contribution in [0.1, 0.15) is 38.2 Å². The Morgan fingerprint density at radius 1 is 1.27 bits per heavy atom. The summed E-state index contributed by atoms with van der Waals surface area (Å²) in [4.78, 5) is 4.60. The lowest BCUT2D eigenvalue weighted by molar-refractivity contribution is 0.0531. The molecule has 124 valence electrons. The van der Waals surface area contributed by atoms with Gasteiger partial charge in [0.05, 0.1) is 6.54 Å². The number of hydrogen-bond acceptors (Lipinski definition) is 2. The smallest absolute Gasteiger partial charge is 0.188 e. The third-order valence-electron chi connectivity index (χ3n) is 4.22. The molecule has 1 aromatic carbocycles. The highest BCUT2D eigenvalue weighted by Gasteiger charge is 2.34. The highest BCUT2D eigenvalue weighted by Crippen LogP contribution is 2.35. The number of rotatable bonds is 6. The van der Waals surface area contributed by atoms with Gasteiger partial charge in [0, 0.05) is 25.2 Å². The number of nitrogens with one attached hydrogen (secondary N) is 1. The van der Waals surface area contributed by atoms with Crippen molar-refractivity contribution in [2.24, 2.45) is 10.7 Å². The number of hydrogen-bond donors (Lipinski definition) is 2. The molecule has 0 atom stereocenters. The van der Waals surface area contributed by atoms with E-state index in [1.165, 1.54) is 5.56 Å². The molecule has 0 radical (unpaired) electrons. The van der Waals surface area contributed by atoms with Crippen molar-refractivity contribution in [2.45, 2.75) is 38.0 Å². The largest absolute Gasteiger partial charge is 0.381 e. The van der Waals surface area contributed by atoms with Crippen molar-refractivity contribution in [1.29, 1.82) is 0 Å². The van der Waals surface area contributed by atoms with Crippen molar-refractivity contribution in [1.82, 2.24) is 5.32 Å². The van der Waals surface area contributed by atoms with Gasteiger partial charge in [-0.25, -0.2) is 0 Å². The Kier molecular flexibility index (Phi) is 8.78. The summed E-state index contributed by atoms with van der Waals surface area (Å²) in [6.45, 7) is 5.39. The molecule has 0 unspecified atom stereocenters. The molecule has 3 N–H and O–H groups in total. The summed E-state index contributed by atoms with van der Waals surface area (Å²) in [6, 6.07) is 10.6. The van der Waals surface area contributed by atoms with Gasteiger partial charge in [0.15, 0.2) is 5.96 Å². The van der Waals surface area contributed by atoms with Crippen molar-refractivity contribution in [3.63, 3.8) is 0 Å². The van der Waals surface area contributed by atoms with Crippen molar-refractivity contribution in [2.75, 3.05) is 26.3 Å². The van der Waals surface area contributed by atoms with E-state index in [2.05, 4.69) is 47.6 Å². The molecule has 5 heteroatoms. The van der Waals surface area contributed by atoms with Crippen LogP contribution in [-0.2, 0) is 10.2 Å². The van der Waals surface area contributed by atoms with Crippen LogP contribution in [0.2, 0.25) is 0 Å². The molecule has 0 bridgehead atoms. The average Bonchev–Trinajstić information content (AvgIpc) is 2.55. The molecule has 0 amide bonds. The number of guanidine groups is 1. The Morgan fingerprint density at radius 3 is 2.59 bits per heavy atom. The number of nitrogens with zero attached hydrogens (tertiary/aromatic N) is 1. The van der Waals surface area contributed by atoms with E-state index in [1.54, 1.807) is 0 Å². The van der Waals surface area contributed by atoms with Crippen LogP contribution in [-0.4, -0.2) is 32.3 Å². The normalized spacial score (nSPS) is 17.6. The van der Waals surface area contributed by atoms with E-state index in [-0.39, 0.29) is 29.4 Å². The second-order valence-corrected chi connectivity index (χ2v) is 5.74. The number of halogens is 1. The Balaban J connectivity index is 0.00000242. The maximum Gasteiger partial charge on any atom is 0.188 e. The SMILES string of the molecule is CCCCNC(N)=NCC1(c2ccccc2)CCOCC1.I. The maximum absolute atomic E-state index is 5.98. The second kappa shape index (κ2) is 10.0. The minimum Gasteiger partial charge on any atom is -0.381 e. The number of benzene rings is 1. The van der Waals surface area contributed by atoms with Gasteiger partial charge in [-0.2, -0.15) is 0 Å². The van der Waals surface area contributed by atoms with Gasteiger partial charge in [0.25, 0.3) is 0 Å². The van der Waals surface area contributed by atoms with Gasteiger partial charge in [-0.1, -0.05) is 43.7 Å². The summed E-state index contributed by atoms with van der Waals surface area (Å²) in [6.07, 6.45) is 4.28. The summed E-state index contributed by atoms with van der Waals surface area (Å²) >= 11 is 0. The second-order valence-electron chi connectivity index (χ2n) is 5.74. The van der Waals surface area contributed by atoms with E-state index in [4.69, 9.17) is 10.5 Å². The molecular weight excluding hydrogens is 389 g/mol. The van der Waals surface area contributed by atoms with Gasteiger partial charge in [-0.05, 0) is 24.8 Å². The van der Waals surface area contributed by atoms with Crippen LogP contribution >= 0.6 is 24.0 Å². The van der Waals surface area contributed by atoms with Crippen molar-refractivity contribution in [3.05, 3.63) is 35.9 Å². The van der Waals surface area contributed by atoms with Gasteiger partial charge < -0.3 is 15.8 Å². The zero-order valence-corrected chi connectivity index (χ0v) is 15.7. The Bertz CT molecular complexity index is 444. The van der Waals surface area contributed by atoms with E-state index < -0.39 is 0 Å². The average molecular weight is 417 g/mol. The molecule has 1 saturated heterocycles. The first-order valence-corrected chi connectivity index (χ1v) is 7.94. The van der Waals surface area contributed by atoms with E-state index >= 15 is 0 Å². The van der Waals surface area contributed by atoms with E-state index in [0.29, 0.717) is 5.96 Å². The lowest BCUT2D eigenvalue weighted by Crippen LogP contribution is -2.39. The molecule has 4 nitrogen and oxygen atoms in total. The zero-order chi connectivity index (χ0) is 15.0. The highest BCUT2D eigenvalue weighted by molar-refractivity contribution is 14.0. The number of unbranched alkanes of at least 4 members (excludes halogenated alkanes) is 1. The molecule has 0 aliphatic carbocycles. The van der Waals surface area contributed by atoms with Crippen LogP contribution < -0.4 is 11.1 Å². The third-order valence-corrected chi connectivity index (χ3v) is 4.22. The van der Waals surface area contributed by atoms with Crippen LogP contribution in [0.3, 0.4) is 0 Å². The Hall–Kier alpha value is -0.820. The summed E-state index contributed by atoms with van der Waals surface area (Å²) in [7, 11) is 0. The molecule has 1 heterocycles. The summed E-state index contributed by atoms with van der Waals surface area (Å²) < 4.78 is 5.54. The highest BCUT2D eigenvalue weighted by atomic mass is 127. The predicted molar refractivity (Wildman–Crippen MR) is 103 cm³/mol. The molecule has 1 aliphatic heterocycles. The van der Waals surface area contributed by atoms with Crippen LogP contribution in [0.4, 0.5) is 0 Å². The molecule has 1 aliphatic rings. The van der Waals surface area contributed by atoms with Crippen LogP contribution in [0, 0.1) is 0 Å². The first-order valence-electron chi connectivity index (χ1n) is 7.94. The maximum atomic E-state index is 5.98. The topological polar surface area (TPSA) is 59.6 Å². The van der Waals surface area contributed by atoms with Crippen LogP contribution in [0.5, 0.6) is 0 Å². The number of aliphatic imine (C=N–C) groups is 1. The molecule has 0 aromatic heterocycles. The minimum atomic E-state index is 0. The van der Waals surface area contributed by atoms with Gasteiger partial charge in [0.1, 0.15) is 0 Å². The summed E-state index contributed by atoms with van der Waals surface area (Å²) in [5.74, 6) is 0.560. The molecule has 0 saturated carbocycles. The summed E-state index contributed by atoms with van der Waals surface area (Å²) in [5, 5.41) is 3.19. The molecule has 1 fully saturated rings. The standard InChI is InChI=1S/C17H27N3O.HI/c1-2-3-11-19-16(18)20-14-17(9-12-21-13-10-17)15-7-5-4-6-8-15;/h4-8H,2-3,9-14H2,1H3,(H3,18,19,20);1H. The minimum absolute atomic E-state index is 0. The van der Waals surface area contributed by atoms with E-state index in [1.807, 2.05) is 0 Å². The molecule has 1 aromatic rings. The fraction of sp³-hybridized carbons (Fsp3) is 0.588. The first-order chi connectivity index (χ1) is 10.3. The lowest BCUT2D eigenvalue weighted by atomic mass is 9.74. The predicted octanol–water partition coefficient (Wildman–Crippen LogP) is 3.06. The third kappa shape index (κ3) is 5.43. The Morgan fingerprint density at radius 2 is 1.95 bits per heavy atom. The monoisotopic (exact) mass is 417 g/mol. The van der Waals surface area contributed by atoms with E-state index in [9.17, 15) is 0 Å². The van der Waals surface area contributed by atoms with Gasteiger partial charge in [-0.15, -0.1) is 24.0 Å². The zero-order valence-electron chi connectivity index (χ0n) is 13.4. The first kappa shape index (κ1) is 19.2. The number of ether oxygens (including phenoxy) is 1. The molecule has 0 spiro atoms. The molecular formula is C17H28IN3O.